The minimum atomic E-state index is -0.494. The predicted octanol–water partition coefficient (Wildman–Crippen LogP) is 6.33. The van der Waals surface area contributed by atoms with Crippen LogP contribution < -0.4 is 5.32 Å². The zero-order valence-electron chi connectivity index (χ0n) is 16.6. The van der Waals surface area contributed by atoms with E-state index in [1.807, 2.05) is 12.1 Å². The Morgan fingerprint density at radius 2 is 1.47 bits per heavy atom. The molecule has 0 saturated carbocycles. The fourth-order valence-corrected chi connectivity index (χ4v) is 4.78. The van der Waals surface area contributed by atoms with Crippen molar-refractivity contribution in [3.05, 3.63) is 108 Å². The molecule has 0 radical (unpaired) electrons. The van der Waals surface area contributed by atoms with Crippen LogP contribution in [0.5, 0.6) is 0 Å². The van der Waals surface area contributed by atoms with E-state index in [0.717, 1.165) is 25.1 Å². The van der Waals surface area contributed by atoms with E-state index in [1.54, 1.807) is 24.3 Å². The van der Waals surface area contributed by atoms with E-state index in [9.17, 15) is 8.78 Å². The molecule has 0 bridgehead atoms. The van der Waals surface area contributed by atoms with E-state index >= 15 is 0 Å². The van der Waals surface area contributed by atoms with E-state index in [4.69, 9.17) is 0 Å². The highest BCUT2D eigenvalue weighted by Gasteiger charge is 2.30. The van der Waals surface area contributed by atoms with Crippen LogP contribution in [0.3, 0.4) is 0 Å². The molecule has 1 fully saturated rings. The van der Waals surface area contributed by atoms with Crippen molar-refractivity contribution in [3.63, 3.8) is 0 Å². The Morgan fingerprint density at radius 1 is 0.767 bits per heavy atom. The first-order chi connectivity index (χ1) is 14.7. The van der Waals surface area contributed by atoms with Crippen molar-refractivity contribution in [2.24, 2.45) is 5.92 Å². The lowest BCUT2D eigenvalue weighted by Crippen LogP contribution is -2.15. The Kier molecular flexibility index (Phi) is 5.06. The Labute approximate surface area is 175 Å². The molecule has 4 aromatic carbocycles. The maximum Gasteiger partial charge on any atom is 0.134 e. The van der Waals surface area contributed by atoms with Crippen molar-refractivity contribution in [2.45, 2.75) is 12.3 Å². The first-order valence-electron chi connectivity index (χ1n) is 10.4. The third kappa shape index (κ3) is 3.50. The highest BCUT2D eigenvalue weighted by molar-refractivity contribution is 5.85. The average molecular weight is 399 g/mol. The molecule has 1 nitrogen and oxygen atoms in total. The van der Waals surface area contributed by atoms with Crippen molar-refractivity contribution < 1.29 is 8.78 Å². The van der Waals surface area contributed by atoms with Gasteiger partial charge in [0.25, 0.3) is 0 Å². The van der Waals surface area contributed by atoms with E-state index in [2.05, 4.69) is 41.7 Å². The first kappa shape index (κ1) is 19.0. The summed E-state index contributed by atoms with van der Waals surface area (Å²) in [6, 6.07) is 26.7. The van der Waals surface area contributed by atoms with Crippen LogP contribution in [0.25, 0.3) is 21.9 Å². The minimum absolute atomic E-state index is 0.0518. The molecular formula is C27H23F2N. The van der Waals surface area contributed by atoms with Gasteiger partial charge in [-0.2, -0.15) is 0 Å². The molecule has 0 spiro atoms. The molecule has 30 heavy (non-hydrogen) atoms. The van der Waals surface area contributed by atoms with Crippen molar-refractivity contribution >= 4 is 10.8 Å². The summed E-state index contributed by atoms with van der Waals surface area (Å²) in [5.41, 5.74) is 2.64. The second-order valence-corrected chi connectivity index (χ2v) is 8.09. The third-order valence-corrected chi connectivity index (χ3v) is 6.26. The molecule has 3 heteroatoms. The number of halogens is 2. The second kappa shape index (κ2) is 8.00. The lowest BCUT2D eigenvalue weighted by molar-refractivity contribution is 0.509. The molecule has 0 aromatic heterocycles. The SMILES string of the molecule is Fc1cc([C@@H]2CNC[C@H]2Cc2cccc3ccccc23)cc(F)c1-c1ccccc1. The lowest BCUT2D eigenvalue weighted by Gasteiger charge is -2.21. The molecule has 1 aliphatic rings. The number of fused-ring (bicyclic) bond motifs is 1. The molecule has 0 unspecified atom stereocenters. The monoisotopic (exact) mass is 399 g/mol. The van der Waals surface area contributed by atoms with Crippen LogP contribution in [-0.4, -0.2) is 13.1 Å². The van der Waals surface area contributed by atoms with Crippen LogP contribution in [0.15, 0.2) is 84.9 Å². The molecule has 1 heterocycles. The topological polar surface area (TPSA) is 12.0 Å². The predicted molar refractivity (Wildman–Crippen MR) is 119 cm³/mol. The molecule has 1 saturated heterocycles. The maximum atomic E-state index is 15.0. The summed E-state index contributed by atoms with van der Waals surface area (Å²) in [6.07, 6.45) is 0.878. The molecule has 150 valence electrons. The summed E-state index contributed by atoms with van der Waals surface area (Å²) in [7, 11) is 0. The van der Waals surface area contributed by atoms with E-state index in [-0.39, 0.29) is 17.4 Å². The molecule has 1 aliphatic heterocycles. The van der Waals surface area contributed by atoms with Crippen LogP contribution in [-0.2, 0) is 6.42 Å². The summed E-state index contributed by atoms with van der Waals surface area (Å²) in [6.45, 7) is 1.58. The summed E-state index contributed by atoms with van der Waals surface area (Å²) in [5, 5.41) is 5.91. The van der Waals surface area contributed by atoms with Gasteiger partial charge in [-0.25, -0.2) is 8.78 Å². The second-order valence-electron chi connectivity index (χ2n) is 8.09. The van der Waals surface area contributed by atoms with Gasteiger partial charge in [-0.3, -0.25) is 0 Å². The maximum absolute atomic E-state index is 15.0. The fourth-order valence-electron chi connectivity index (χ4n) is 4.78. The van der Waals surface area contributed by atoms with Gasteiger partial charge >= 0.3 is 0 Å². The Bertz CT molecular complexity index is 1160. The Morgan fingerprint density at radius 3 is 2.27 bits per heavy atom. The number of hydrogen-bond acceptors (Lipinski definition) is 1. The van der Waals surface area contributed by atoms with Crippen molar-refractivity contribution in [3.8, 4) is 11.1 Å². The van der Waals surface area contributed by atoms with E-state index in [1.165, 1.54) is 28.5 Å². The zero-order chi connectivity index (χ0) is 20.5. The van der Waals surface area contributed by atoms with Crippen LogP contribution in [0.4, 0.5) is 8.78 Å². The Balaban J connectivity index is 1.47. The summed E-state index contributed by atoms with van der Waals surface area (Å²) < 4.78 is 29.9. The number of rotatable bonds is 4. The normalized spacial score (nSPS) is 18.7. The van der Waals surface area contributed by atoms with Crippen LogP contribution >= 0.6 is 0 Å². The molecule has 0 aliphatic carbocycles. The lowest BCUT2D eigenvalue weighted by atomic mass is 9.83. The van der Waals surface area contributed by atoms with Crippen molar-refractivity contribution in [2.75, 3.05) is 13.1 Å². The van der Waals surface area contributed by atoms with Crippen LogP contribution in [0.2, 0.25) is 0 Å². The summed E-state index contributed by atoms with van der Waals surface area (Å²) in [5.74, 6) is -0.617. The van der Waals surface area contributed by atoms with Gasteiger partial charge in [0.15, 0.2) is 0 Å². The van der Waals surface area contributed by atoms with Gasteiger partial charge in [-0.15, -0.1) is 0 Å². The summed E-state index contributed by atoms with van der Waals surface area (Å²) >= 11 is 0. The minimum Gasteiger partial charge on any atom is -0.316 e. The average Bonchev–Trinajstić information content (AvgIpc) is 3.22. The molecular weight excluding hydrogens is 376 g/mol. The molecule has 2 atom stereocenters. The van der Waals surface area contributed by atoms with Gasteiger partial charge in [0.2, 0.25) is 0 Å². The Hall–Kier alpha value is -3.04. The first-order valence-corrected chi connectivity index (χ1v) is 10.4. The molecule has 1 N–H and O–H groups in total. The highest BCUT2D eigenvalue weighted by atomic mass is 19.1. The van der Waals surface area contributed by atoms with E-state index in [0.29, 0.717) is 5.56 Å². The smallest absolute Gasteiger partial charge is 0.134 e. The van der Waals surface area contributed by atoms with Crippen LogP contribution in [0, 0.1) is 17.6 Å². The van der Waals surface area contributed by atoms with Crippen LogP contribution in [0.1, 0.15) is 17.0 Å². The number of hydrogen-bond donors (Lipinski definition) is 1. The van der Waals surface area contributed by atoms with Crippen molar-refractivity contribution in [1.29, 1.82) is 0 Å². The standard InChI is InChI=1S/C27H23F2N/c28-25-14-21(15-26(29)27(25)19-8-2-1-3-9-19)24-17-30-16-22(24)13-20-11-6-10-18-7-4-5-12-23(18)20/h1-12,14-15,22,24,30H,13,16-17H2/t22-,24+/m1/s1. The molecule has 4 aromatic rings. The molecule has 5 rings (SSSR count). The number of nitrogens with one attached hydrogen (secondary N) is 1. The highest BCUT2D eigenvalue weighted by Crippen LogP contribution is 2.36. The fraction of sp³-hybridized carbons (Fsp3) is 0.185. The molecule has 0 amide bonds. The van der Waals surface area contributed by atoms with Gasteiger partial charge in [0.05, 0.1) is 5.56 Å². The van der Waals surface area contributed by atoms with Gasteiger partial charge < -0.3 is 5.32 Å². The van der Waals surface area contributed by atoms with Gasteiger partial charge in [0, 0.05) is 12.5 Å². The summed E-state index contributed by atoms with van der Waals surface area (Å²) in [4.78, 5) is 0. The van der Waals surface area contributed by atoms with Gasteiger partial charge in [-0.05, 0) is 58.5 Å². The third-order valence-electron chi connectivity index (χ3n) is 6.26. The van der Waals surface area contributed by atoms with E-state index < -0.39 is 11.6 Å². The largest absolute Gasteiger partial charge is 0.316 e. The zero-order valence-corrected chi connectivity index (χ0v) is 16.6. The number of benzene rings is 4. The van der Waals surface area contributed by atoms with Gasteiger partial charge in [-0.1, -0.05) is 72.8 Å². The van der Waals surface area contributed by atoms with Gasteiger partial charge in [0.1, 0.15) is 11.6 Å². The quantitative estimate of drug-likeness (QED) is 0.423. The van der Waals surface area contributed by atoms with Crippen molar-refractivity contribution in [1.82, 2.24) is 5.32 Å².